The minimum absolute atomic E-state index is 0.652. The summed E-state index contributed by atoms with van der Waals surface area (Å²) in [5.41, 5.74) is 7.53. The molecule has 2 N–H and O–H groups in total. The van der Waals surface area contributed by atoms with Crippen molar-refractivity contribution in [1.29, 1.82) is 0 Å². The van der Waals surface area contributed by atoms with Crippen LogP contribution in [-0.4, -0.2) is 9.78 Å². The summed E-state index contributed by atoms with van der Waals surface area (Å²) in [5.74, 6) is 0. The quantitative estimate of drug-likeness (QED) is 0.767. The Morgan fingerprint density at radius 1 is 1.43 bits per heavy atom. The van der Waals surface area contributed by atoms with Crippen LogP contribution in [-0.2, 0) is 6.54 Å². The molecule has 72 valence electrons. The third-order valence-corrected chi connectivity index (χ3v) is 2.23. The van der Waals surface area contributed by atoms with E-state index in [0.717, 1.165) is 11.3 Å². The molecule has 0 bridgehead atoms. The molecule has 0 aliphatic carbocycles. The molecule has 0 unspecified atom stereocenters. The maximum atomic E-state index is 5.87. The third kappa shape index (κ3) is 1.88. The number of aromatic nitrogens is 2. The molecule has 14 heavy (non-hydrogen) atoms. The minimum Gasteiger partial charge on any atom is -0.398 e. The molecular formula is C10H10ClN3. The van der Waals surface area contributed by atoms with Crippen LogP contribution in [0.25, 0.3) is 0 Å². The maximum Gasteiger partial charge on any atom is 0.0679 e. The first-order valence-electron chi connectivity index (χ1n) is 4.27. The Balaban J connectivity index is 2.28. The van der Waals surface area contributed by atoms with Crippen LogP contribution < -0.4 is 5.73 Å². The van der Waals surface area contributed by atoms with Gasteiger partial charge in [-0.25, -0.2) is 0 Å². The SMILES string of the molecule is Nc1ccc(Cl)cc1Cn1cccn1. The summed E-state index contributed by atoms with van der Waals surface area (Å²) >= 11 is 5.87. The van der Waals surface area contributed by atoms with Crippen LogP contribution in [0.3, 0.4) is 0 Å². The molecule has 2 rings (SSSR count). The van der Waals surface area contributed by atoms with Gasteiger partial charge in [-0.15, -0.1) is 0 Å². The number of nitrogens with zero attached hydrogens (tertiary/aromatic N) is 2. The van der Waals surface area contributed by atoms with E-state index < -0.39 is 0 Å². The first-order chi connectivity index (χ1) is 6.75. The van der Waals surface area contributed by atoms with Crippen molar-refractivity contribution in [3.63, 3.8) is 0 Å². The molecule has 0 aliphatic heterocycles. The zero-order valence-corrected chi connectivity index (χ0v) is 8.28. The van der Waals surface area contributed by atoms with E-state index >= 15 is 0 Å². The van der Waals surface area contributed by atoms with Gasteiger partial charge < -0.3 is 5.73 Å². The van der Waals surface area contributed by atoms with E-state index in [-0.39, 0.29) is 0 Å². The van der Waals surface area contributed by atoms with Crippen LogP contribution in [0.15, 0.2) is 36.7 Å². The minimum atomic E-state index is 0.652. The van der Waals surface area contributed by atoms with Crippen molar-refractivity contribution >= 4 is 17.3 Å². The van der Waals surface area contributed by atoms with E-state index in [1.54, 1.807) is 18.3 Å². The highest BCUT2D eigenvalue weighted by Crippen LogP contribution is 2.18. The van der Waals surface area contributed by atoms with Gasteiger partial charge in [-0.3, -0.25) is 4.68 Å². The van der Waals surface area contributed by atoms with Crippen molar-refractivity contribution in [1.82, 2.24) is 9.78 Å². The summed E-state index contributed by atoms with van der Waals surface area (Å²) < 4.78 is 1.81. The zero-order chi connectivity index (χ0) is 9.97. The van der Waals surface area contributed by atoms with E-state index in [4.69, 9.17) is 17.3 Å². The van der Waals surface area contributed by atoms with Gasteiger partial charge in [0.05, 0.1) is 6.54 Å². The van der Waals surface area contributed by atoms with Crippen LogP contribution in [0.1, 0.15) is 5.56 Å². The highest BCUT2D eigenvalue weighted by atomic mass is 35.5. The molecule has 1 heterocycles. The molecule has 0 atom stereocenters. The molecule has 1 aromatic heterocycles. The van der Waals surface area contributed by atoms with Gasteiger partial charge in [-0.2, -0.15) is 5.10 Å². The second kappa shape index (κ2) is 3.72. The first kappa shape index (κ1) is 9.09. The van der Waals surface area contributed by atoms with Gasteiger partial charge in [-0.1, -0.05) is 11.6 Å². The van der Waals surface area contributed by atoms with E-state index in [9.17, 15) is 0 Å². The van der Waals surface area contributed by atoms with Crippen molar-refractivity contribution in [2.75, 3.05) is 5.73 Å². The van der Waals surface area contributed by atoms with Gasteiger partial charge >= 0.3 is 0 Å². The molecule has 0 saturated carbocycles. The van der Waals surface area contributed by atoms with Gasteiger partial charge in [-0.05, 0) is 29.8 Å². The Labute approximate surface area is 87.1 Å². The molecule has 0 amide bonds. The predicted octanol–water partition coefficient (Wildman–Crippen LogP) is 2.17. The lowest BCUT2D eigenvalue weighted by Crippen LogP contribution is -2.03. The Morgan fingerprint density at radius 2 is 2.29 bits per heavy atom. The molecule has 0 radical (unpaired) electrons. The normalized spacial score (nSPS) is 10.4. The lowest BCUT2D eigenvalue weighted by Gasteiger charge is -2.05. The molecular weight excluding hydrogens is 198 g/mol. The molecule has 0 spiro atoms. The Kier molecular flexibility index (Phi) is 2.41. The number of benzene rings is 1. The topological polar surface area (TPSA) is 43.8 Å². The molecule has 0 fully saturated rings. The molecule has 1 aromatic carbocycles. The van der Waals surface area contributed by atoms with Crippen molar-refractivity contribution < 1.29 is 0 Å². The number of halogens is 1. The zero-order valence-electron chi connectivity index (χ0n) is 7.52. The number of hydrogen-bond donors (Lipinski definition) is 1. The highest BCUT2D eigenvalue weighted by Gasteiger charge is 2.01. The summed E-state index contributed by atoms with van der Waals surface area (Å²) in [5, 5.41) is 4.80. The summed E-state index contributed by atoms with van der Waals surface area (Å²) in [6.45, 7) is 0.652. The van der Waals surface area contributed by atoms with Crippen LogP contribution in [0.5, 0.6) is 0 Å². The fourth-order valence-corrected chi connectivity index (χ4v) is 1.47. The number of hydrogen-bond acceptors (Lipinski definition) is 2. The lowest BCUT2D eigenvalue weighted by molar-refractivity contribution is 0.688. The van der Waals surface area contributed by atoms with Gasteiger partial charge in [0, 0.05) is 23.1 Å². The molecule has 0 aliphatic rings. The average molecular weight is 208 g/mol. The molecule has 2 aromatic rings. The summed E-state index contributed by atoms with van der Waals surface area (Å²) in [6, 6.07) is 7.32. The summed E-state index contributed by atoms with van der Waals surface area (Å²) in [7, 11) is 0. The standard InChI is InChI=1S/C10H10ClN3/c11-9-2-3-10(12)8(6-9)7-14-5-1-4-13-14/h1-6H,7,12H2. The largest absolute Gasteiger partial charge is 0.398 e. The van der Waals surface area contributed by atoms with Crippen LogP contribution in [0, 0.1) is 0 Å². The molecule has 0 saturated heterocycles. The second-order valence-corrected chi connectivity index (χ2v) is 3.48. The van der Waals surface area contributed by atoms with Crippen molar-refractivity contribution in [2.45, 2.75) is 6.54 Å². The van der Waals surface area contributed by atoms with E-state index in [0.29, 0.717) is 11.6 Å². The van der Waals surface area contributed by atoms with Crippen molar-refractivity contribution in [2.24, 2.45) is 0 Å². The predicted molar refractivity (Wildman–Crippen MR) is 57.2 cm³/mol. The maximum absolute atomic E-state index is 5.87. The van der Waals surface area contributed by atoms with Crippen molar-refractivity contribution in [3.8, 4) is 0 Å². The highest BCUT2D eigenvalue weighted by molar-refractivity contribution is 6.30. The number of nitrogens with two attached hydrogens (primary N) is 1. The fourth-order valence-electron chi connectivity index (χ4n) is 1.28. The number of nitrogen functional groups attached to an aromatic ring is 1. The lowest BCUT2D eigenvalue weighted by atomic mass is 10.2. The third-order valence-electron chi connectivity index (χ3n) is 2.00. The fraction of sp³-hybridized carbons (Fsp3) is 0.100. The van der Waals surface area contributed by atoms with E-state index in [1.165, 1.54) is 0 Å². The van der Waals surface area contributed by atoms with Gasteiger partial charge in [0.2, 0.25) is 0 Å². The monoisotopic (exact) mass is 207 g/mol. The Bertz CT molecular complexity index is 423. The van der Waals surface area contributed by atoms with Crippen molar-refractivity contribution in [3.05, 3.63) is 47.2 Å². The second-order valence-electron chi connectivity index (χ2n) is 3.05. The summed E-state index contributed by atoms with van der Waals surface area (Å²) in [6.07, 6.45) is 3.63. The van der Waals surface area contributed by atoms with Gasteiger partial charge in [0.15, 0.2) is 0 Å². The smallest absolute Gasteiger partial charge is 0.0679 e. The van der Waals surface area contributed by atoms with E-state index in [1.807, 2.05) is 23.0 Å². The molecule has 4 heteroatoms. The van der Waals surface area contributed by atoms with Gasteiger partial charge in [0.25, 0.3) is 0 Å². The van der Waals surface area contributed by atoms with E-state index in [2.05, 4.69) is 5.10 Å². The van der Waals surface area contributed by atoms with Crippen LogP contribution in [0.2, 0.25) is 5.02 Å². The Morgan fingerprint density at radius 3 is 3.00 bits per heavy atom. The number of anilines is 1. The number of rotatable bonds is 2. The Hall–Kier alpha value is -1.48. The average Bonchev–Trinajstić information content (AvgIpc) is 2.64. The van der Waals surface area contributed by atoms with Gasteiger partial charge in [0.1, 0.15) is 0 Å². The molecule has 3 nitrogen and oxygen atoms in total. The van der Waals surface area contributed by atoms with Crippen LogP contribution >= 0.6 is 11.6 Å². The van der Waals surface area contributed by atoms with Crippen LogP contribution in [0.4, 0.5) is 5.69 Å². The summed E-state index contributed by atoms with van der Waals surface area (Å²) in [4.78, 5) is 0. The first-order valence-corrected chi connectivity index (χ1v) is 4.65.